The lowest BCUT2D eigenvalue weighted by Gasteiger charge is -2.54. The molecule has 1 amide bonds. The minimum atomic E-state index is 0.150. The van der Waals surface area contributed by atoms with Crippen LogP contribution in [0.1, 0.15) is 38.5 Å². The van der Waals surface area contributed by atoms with Crippen LogP contribution in [-0.4, -0.2) is 15.9 Å². The number of anilines is 1. The number of nitrogens with zero attached hydrogens (tertiary/aromatic N) is 1. The number of halogens is 1. The third-order valence-electron chi connectivity index (χ3n) is 6.58. The smallest absolute Gasteiger partial charge is 0.224 e. The summed E-state index contributed by atoms with van der Waals surface area (Å²) < 4.78 is 0. The maximum absolute atomic E-state index is 12.6. The number of H-pyrrole nitrogens is 1. The first kappa shape index (κ1) is 14.8. The summed E-state index contributed by atoms with van der Waals surface area (Å²) in [7, 11) is 0. The molecule has 4 aliphatic rings. The summed E-state index contributed by atoms with van der Waals surface area (Å²) in [5.41, 5.74) is 2.49. The van der Waals surface area contributed by atoms with Crippen LogP contribution in [0.15, 0.2) is 18.2 Å². The van der Waals surface area contributed by atoms with E-state index in [1.165, 1.54) is 32.1 Å². The Labute approximate surface area is 146 Å². The van der Waals surface area contributed by atoms with Gasteiger partial charge in [0.2, 0.25) is 11.2 Å². The fourth-order valence-corrected chi connectivity index (χ4v) is 6.05. The molecule has 4 fully saturated rings. The Morgan fingerprint density at radius 1 is 1.17 bits per heavy atom. The molecular weight excluding hydrogens is 322 g/mol. The Balaban J connectivity index is 1.28. The van der Waals surface area contributed by atoms with Crippen molar-refractivity contribution in [3.63, 3.8) is 0 Å². The van der Waals surface area contributed by atoms with Crippen molar-refractivity contribution in [3.05, 3.63) is 23.5 Å². The van der Waals surface area contributed by atoms with Crippen molar-refractivity contribution in [2.75, 3.05) is 5.32 Å². The van der Waals surface area contributed by atoms with Gasteiger partial charge < -0.3 is 10.3 Å². The highest BCUT2D eigenvalue weighted by Crippen LogP contribution is 2.57. The Bertz CT molecular complexity index is 771. The molecule has 6 rings (SSSR count). The number of imidazole rings is 1. The number of carbonyl (C=O) groups excluding carboxylic acids is 1. The van der Waals surface area contributed by atoms with Gasteiger partial charge in [0.25, 0.3) is 0 Å². The van der Waals surface area contributed by atoms with Crippen molar-refractivity contribution < 1.29 is 4.79 Å². The lowest BCUT2D eigenvalue weighted by atomic mass is 9.51. The molecule has 4 saturated carbocycles. The van der Waals surface area contributed by atoms with Gasteiger partial charge in [0.05, 0.1) is 11.0 Å². The van der Waals surface area contributed by atoms with Crippen molar-refractivity contribution in [2.24, 2.45) is 29.6 Å². The molecule has 0 aliphatic heterocycles. The highest BCUT2D eigenvalue weighted by molar-refractivity contribution is 6.29. The number of aromatic nitrogens is 2. The minimum Gasteiger partial charge on any atom is -0.329 e. The molecule has 1 aromatic carbocycles. The van der Waals surface area contributed by atoms with Gasteiger partial charge in [0, 0.05) is 12.1 Å². The van der Waals surface area contributed by atoms with Crippen LogP contribution in [0.4, 0.5) is 5.69 Å². The van der Waals surface area contributed by atoms with Gasteiger partial charge in [-0.15, -0.1) is 0 Å². The van der Waals surface area contributed by atoms with Gasteiger partial charge in [0.1, 0.15) is 0 Å². The molecule has 2 N–H and O–H groups in total. The number of carbonyl (C=O) groups is 1. The molecule has 0 unspecified atom stereocenters. The Morgan fingerprint density at radius 3 is 2.58 bits per heavy atom. The topological polar surface area (TPSA) is 57.8 Å². The van der Waals surface area contributed by atoms with E-state index in [0.717, 1.165) is 40.4 Å². The lowest BCUT2D eigenvalue weighted by molar-refractivity contribution is -0.121. The van der Waals surface area contributed by atoms with Gasteiger partial charge in [0.15, 0.2) is 0 Å². The van der Waals surface area contributed by atoms with Gasteiger partial charge in [-0.2, -0.15) is 0 Å². The normalized spacial score (nSPS) is 34.0. The second kappa shape index (κ2) is 5.48. The van der Waals surface area contributed by atoms with E-state index in [2.05, 4.69) is 15.3 Å². The average Bonchev–Trinajstić information content (AvgIpc) is 2.89. The Morgan fingerprint density at radius 2 is 1.88 bits per heavy atom. The van der Waals surface area contributed by atoms with Crippen molar-refractivity contribution in [1.82, 2.24) is 9.97 Å². The van der Waals surface area contributed by atoms with Crippen LogP contribution < -0.4 is 5.32 Å². The number of amides is 1. The van der Waals surface area contributed by atoms with Crippen molar-refractivity contribution in [1.29, 1.82) is 0 Å². The first-order chi connectivity index (χ1) is 11.6. The fourth-order valence-electron chi connectivity index (χ4n) is 5.85. The first-order valence-electron chi connectivity index (χ1n) is 9.09. The van der Waals surface area contributed by atoms with E-state index in [9.17, 15) is 4.79 Å². The first-order valence-corrected chi connectivity index (χ1v) is 9.47. The molecule has 0 saturated heterocycles. The molecule has 4 bridgehead atoms. The number of rotatable bonds is 3. The van der Waals surface area contributed by atoms with E-state index in [-0.39, 0.29) is 5.91 Å². The fraction of sp³-hybridized carbons (Fsp3) is 0.579. The standard InChI is InChI=1S/C19H22ClN3O/c20-19-22-16-2-1-14(8-17(16)23-19)21-18(24)9-15-12-4-10-3-11(6-12)7-13(15)5-10/h1-2,8,10-13,15H,3-7,9H2,(H,21,24)(H,22,23). The zero-order valence-electron chi connectivity index (χ0n) is 13.6. The van der Waals surface area contributed by atoms with Gasteiger partial charge >= 0.3 is 0 Å². The lowest BCUT2D eigenvalue weighted by Crippen LogP contribution is -2.46. The molecule has 1 heterocycles. The predicted octanol–water partition coefficient (Wildman–Crippen LogP) is 4.62. The third kappa shape index (κ3) is 2.52. The average molecular weight is 344 g/mol. The summed E-state index contributed by atoms with van der Waals surface area (Å²) in [6, 6.07) is 5.69. The summed E-state index contributed by atoms with van der Waals surface area (Å²) in [4.78, 5) is 19.8. The maximum Gasteiger partial charge on any atom is 0.224 e. The number of nitrogens with one attached hydrogen (secondary N) is 2. The van der Waals surface area contributed by atoms with Gasteiger partial charge in [-0.25, -0.2) is 4.98 Å². The molecule has 24 heavy (non-hydrogen) atoms. The SMILES string of the molecule is O=C(CC1C2CC3CC(C2)CC1C3)Nc1ccc2nc(Cl)[nH]c2c1. The largest absolute Gasteiger partial charge is 0.329 e. The van der Waals surface area contributed by atoms with Crippen LogP contribution in [-0.2, 0) is 4.79 Å². The van der Waals surface area contributed by atoms with Crippen LogP contribution in [0.3, 0.4) is 0 Å². The summed E-state index contributed by atoms with van der Waals surface area (Å²) in [6.07, 6.45) is 7.59. The Hall–Kier alpha value is -1.55. The summed E-state index contributed by atoms with van der Waals surface area (Å²) in [5, 5.41) is 3.45. The summed E-state index contributed by atoms with van der Waals surface area (Å²) in [5.74, 6) is 4.25. The Kier molecular flexibility index (Phi) is 3.37. The van der Waals surface area contributed by atoms with E-state index in [1.807, 2.05) is 18.2 Å². The van der Waals surface area contributed by atoms with E-state index < -0.39 is 0 Å². The monoisotopic (exact) mass is 343 g/mol. The summed E-state index contributed by atoms with van der Waals surface area (Å²) in [6.45, 7) is 0. The molecule has 2 aromatic rings. The van der Waals surface area contributed by atoms with E-state index in [1.54, 1.807) is 0 Å². The molecule has 1 aromatic heterocycles. The van der Waals surface area contributed by atoms with Crippen molar-refractivity contribution >= 4 is 34.2 Å². The maximum atomic E-state index is 12.6. The van der Waals surface area contributed by atoms with E-state index in [4.69, 9.17) is 11.6 Å². The highest BCUT2D eigenvalue weighted by atomic mass is 35.5. The highest BCUT2D eigenvalue weighted by Gasteiger charge is 2.48. The third-order valence-corrected chi connectivity index (χ3v) is 6.76. The van der Waals surface area contributed by atoms with Crippen molar-refractivity contribution in [3.8, 4) is 0 Å². The molecule has 0 atom stereocenters. The van der Waals surface area contributed by atoms with E-state index >= 15 is 0 Å². The number of hydrogen-bond donors (Lipinski definition) is 2. The molecule has 0 spiro atoms. The molecular formula is C19H22ClN3O. The molecule has 5 heteroatoms. The second-order valence-corrected chi connectivity index (χ2v) is 8.46. The molecule has 4 nitrogen and oxygen atoms in total. The van der Waals surface area contributed by atoms with Gasteiger partial charge in [-0.1, -0.05) is 0 Å². The van der Waals surface area contributed by atoms with Crippen LogP contribution >= 0.6 is 11.6 Å². The zero-order chi connectivity index (χ0) is 16.3. The number of hydrogen-bond acceptors (Lipinski definition) is 2. The molecule has 0 radical (unpaired) electrons. The van der Waals surface area contributed by atoms with Crippen LogP contribution in [0.25, 0.3) is 11.0 Å². The zero-order valence-corrected chi connectivity index (χ0v) is 14.4. The van der Waals surface area contributed by atoms with Gasteiger partial charge in [-0.05, 0) is 91.5 Å². The quantitative estimate of drug-likeness (QED) is 0.854. The van der Waals surface area contributed by atoms with Crippen LogP contribution in [0, 0.1) is 29.6 Å². The van der Waals surface area contributed by atoms with E-state index in [0.29, 0.717) is 17.6 Å². The number of benzene rings is 1. The van der Waals surface area contributed by atoms with Crippen molar-refractivity contribution in [2.45, 2.75) is 38.5 Å². The second-order valence-electron chi connectivity index (χ2n) is 8.11. The van der Waals surface area contributed by atoms with Crippen LogP contribution in [0.5, 0.6) is 0 Å². The van der Waals surface area contributed by atoms with Crippen LogP contribution in [0.2, 0.25) is 5.28 Å². The summed E-state index contributed by atoms with van der Waals surface area (Å²) >= 11 is 5.89. The molecule has 126 valence electrons. The van der Waals surface area contributed by atoms with Gasteiger partial charge in [-0.3, -0.25) is 4.79 Å². The number of aromatic amines is 1. The minimum absolute atomic E-state index is 0.150. The number of fused-ring (bicyclic) bond motifs is 1. The predicted molar refractivity (Wildman–Crippen MR) is 94.9 cm³/mol. The molecule has 4 aliphatic carbocycles.